The molecule has 0 aliphatic carbocycles. The molecular weight excluding hydrogens is 262 g/mol. The second kappa shape index (κ2) is 6.37. The number of hydrogen-bond donors (Lipinski definition) is 1. The van der Waals surface area contributed by atoms with Crippen molar-refractivity contribution in [3.8, 4) is 0 Å². The number of benzene rings is 1. The number of nitrogens with one attached hydrogen (secondary N) is 1. The average Bonchev–Trinajstić information content (AvgIpc) is 3.09. The summed E-state index contributed by atoms with van der Waals surface area (Å²) >= 11 is 0. The average molecular weight is 285 g/mol. The van der Waals surface area contributed by atoms with Gasteiger partial charge in [0.05, 0.1) is 12.2 Å². The second-order valence-electron chi connectivity index (χ2n) is 5.99. The molecule has 2 heterocycles. The van der Waals surface area contributed by atoms with Crippen molar-refractivity contribution in [3.63, 3.8) is 0 Å². The van der Waals surface area contributed by atoms with Crippen LogP contribution in [0, 0.1) is 0 Å². The molecular formula is C16H23N5. The molecule has 21 heavy (non-hydrogen) atoms. The Labute approximate surface area is 126 Å². The predicted octanol–water partition coefficient (Wildman–Crippen LogP) is 1.79. The third-order valence-electron chi connectivity index (χ3n) is 3.83. The number of fused-ring (bicyclic) bond motifs is 1. The molecule has 0 saturated heterocycles. The topological polar surface area (TPSA) is 46.0 Å². The molecule has 1 N–H and O–H groups in total. The summed E-state index contributed by atoms with van der Waals surface area (Å²) in [5.74, 6) is 0. The molecule has 5 heteroatoms. The van der Waals surface area contributed by atoms with Gasteiger partial charge in [-0.2, -0.15) is 0 Å². The van der Waals surface area contributed by atoms with Crippen molar-refractivity contribution in [2.45, 2.75) is 46.1 Å². The molecule has 1 aliphatic rings. The summed E-state index contributed by atoms with van der Waals surface area (Å²) in [6.45, 7) is 9.05. The van der Waals surface area contributed by atoms with Crippen LogP contribution in [0.4, 0.5) is 0 Å². The van der Waals surface area contributed by atoms with Crippen molar-refractivity contribution in [2.75, 3.05) is 6.54 Å². The molecule has 0 atom stereocenters. The normalized spacial score (nSPS) is 14.8. The van der Waals surface area contributed by atoms with E-state index in [1.54, 1.807) is 0 Å². The second-order valence-corrected chi connectivity index (χ2v) is 5.99. The maximum Gasteiger partial charge on any atom is 0.0964 e. The van der Waals surface area contributed by atoms with Crippen LogP contribution in [0.1, 0.15) is 30.7 Å². The molecule has 5 nitrogen and oxygen atoms in total. The van der Waals surface area contributed by atoms with Crippen molar-refractivity contribution in [1.29, 1.82) is 0 Å². The van der Waals surface area contributed by atoms with Gasteiger partial charge >= 0.3 is 0 Å². The zero-order valence-electron chi connectivity index (χ0n) is 12.8. The summed E-state index contributed by atoms with van der Waals surface area (Å²) in [5.41, 5.74) is 3.92. The number of rotatable bonds is 6. The van der Waals surface area contributed by atoms with Gasteiger partial charge in [-0.25, -0.2) is 0 Å². The van der Waals surface area contributed by atoms with Crippen LogP contribution in [0.3, 0.4) is 0 Å². The molecule has 0 radical (unpaired) electrons. The maximum absolute atomic E-state index is 4.20. The first kappa shape index (κ1) is 14.2. The summed E-state index contributed by atoms with van der Waals surface area (Å²) in [5, 5.41) is 11.8. The fraction of sp³-hybridized carbons (Fsp3) is 0.500. The van der Waals surface area contributed by atoms with E-state index in [9.17, 15) is 0 Å². The Balaban J connectivity index is 1.48. The summed E-state index contributed by atoms with van der Waals surface area (Å²) in [6.07, 6.45) is 2.04. The van der Waals surface area contributed by atoms with Gasteiger partial charge in [-0.15, -0.1) is 5.10 Å². The zero-order chi connectivity index (χ0) is 14.7. The highest BCUT2D eigenvalue weighted by Gasteiger charge is 2.17. The molecule has 0 bridgehead atoms. The first-order chi connectivity index (χ1) is 10.2. The molecule has 0 saturated carbocycles. The predicted molar refractivity (Wildman–Crippen MR) is 82.6 cm³/mol. The van der Waals surface area contributed by atoms with Gasteiger partial charge in [-0.05, 0) is 11.1 Å². The van der Waals surface area contributed by atoms with Crippen molar-refractivity contribution in [3.05, 3.63) is 47.3 Å². The van der Waals surface area contributed by atoms with Crippen LogP contribution in [-0.2, 0) is 26.2 Å². The third-order valence-corrected chi connectivity index (χ3v) is 3.83. The molecule has 3 rings (SSSR count). The lowest BCUT2D eigenvalue weighted by Crippen LogP contribution is -2.22. The molecule has 0 spiro atoms. The molecule has 0 amide bonds. The van der Waals surface area contributed by atoms with Gasteiger partial charge in [-0.3, -0.25) is 9.58 Å². The van der Waals surface area contributed by atoms with Crippen LogP contribution < -0.4 is 5.32 Å². The van der Waals surface area contributed by atoms with E-state index in [1.165, 1.54) is 11.1 Å². The minimum absolute atomic E-state index is 0.471. The Hall–Kier alpha value is -1.72. The van der Waals surface area contributed by atoms with Crippen LogP contribution in [0.15, 0.2) is 30.5 Å². The van der Waals surface area contributed by atoms with Crippen LogP contribution in [0.5, 0.6) is 0 Å². The molecule has 1 aliphatic heterocycles. The lowest BCUT2D eigenvalue weighted by atomic mass is 10.1. The van der Waals surface area contributed by atoms with Gasteiger partial charge in [-0.1, -0.05) is 43.3 Å². The van der Waals surface area contributed by atoms with Gasteiger partial charge < -0.3 is 5.32 Å². The summed E-state index contributed by atoms with van der Waals surface area (Å²) < 4.78 is 1.94. The Kier molecular flexibility index (Phi) is 4.31. The lowest BCUT2D eigenvalue weighted by Gasteiger charge is -2.13. The Morgan fingerprint density at radius 3 is 2.52 bits per heavy atom. The van der Waals surface area contributed by atoms with Crippen molar-refractivity contribution < 1.29 is 0 Å². The highest BCUT2D eigenvalue weighted by molar-refractivity contribution is 5.30. The molecule has 2 aromatic rings. The van der Waals surface area contributed by atoms with Gasteiger partial charge in [0.15, 0.2) is 0 Å². The van der Waals surface area contributed by atoms with Crippen molar-refractivity contribution in [2.24, 2.45) is 0 Å². The molecule has 1 aromatic heterocycles. The fourth-order valence-electron chi connectivity index (χ4n) is 2.64. The van der Waals surface area contributed by atoms with Gasteiger partial charge in [0.1, 0.15) is 0 Å². The van der Waals surface area contributed by atoms with Crippen LogP contribution >= 0.6 is 0 Å². The van der Waals surface area contributed by atoms with E-state index in [-0.39, 0.29) is 0 Å². The van der Waals surface area contributed by atoms with Crippen molar-refractivity contribution in [1.82, 2.24) is 25.2 Å². The number of aromatic nitrogens is 3. The van der Waals surface area contributed by atoms with Gasteiger partial charge in [0.25, 0.3) is 0 Å². The Morgan fingerprint density at radius 2 is 1.86 bits per heavy atom. The standard InChI is InChI=1S/C16H23N5/c1-13(2)17-9-16-12-21(19-18-16)8-7-20-10-14-5-3-4-6-15(14)11-20/h3-6,12-13,17H,7-11H2,1-2H3. The van der Waals surface area contributed by atoms with Crippen LogP contribution in [-0.4, -0.2) is 32.5 Å². The molecule has 0 fully saturated rings. The summed E-state index contributed by atoms with van der Waals surface area (Å²) in [4.78, 5) is 2.46. The lowest BCUT2D eigenvalue weighted by molar-refractivity contribution is 0.266. The minimum atomic E-state index is 0.471. The number of nitrogens with zero attached hydrogens (tertiary/aromatic N) is 4. The van der Waals surface area contributed by atoms with E-state index in [4.69, 9.17) is 0 Å². The summed E-state index contributed by atoms with van der Waals surface area (Å²) in [7, 11) is 0. The van der Waals surface area contributed by atoms with Gasteiger partial charge in [0.2, 0.25) is 0 Å². The Bertz CT molecular complexity index is 565. The largest absolute Gasteiger partial charge is 0.309 e. The highest BCUT2D eigenvalue weighted by atomic mass is 15.4. The highest BCUT2D eigenvalue weighted by Crippen LogP contribution is 2.21. The van der Waals surface area contributed by atoms with E-state index < -0.39 is 0 Å². The van der Waals surface area contributed by atoms with E-state index in [2.05, 4.69) is 58.6 Å². The molecule has 1 aromatic carbocycles. The van der Waals surface area contributed by atoms with E-state index in [1.807, 2.05) is 10.9 Å². The van der Waals surface area contributed by atoms with E-state index in [0.717, 1.165) is 38.4 Å². The van der Waals surface area contributed by atoms with E-state index >= 15 is 0 Å². The first-order valence-corrected chi connectivity index (χ1v) is 7.62. The SMILES string of the molecule is CC(C)NCc1cn(CCN2Cc3ccccc3C2)nn1. The zero-order valence-corrected chi connectivity index (χ0v) is 12.8. The third kappa shape index (κ3) is 3.68. The van der Waals surface area contributed by atoms with Crippen molar-refractivity contribution >= 4 is 0 Å². The fourth-order valence-corrected chi connectivity index (χ4v) is 2.64. The first-order valence-electron chi connectivity index (χ1n) is 7.62. The minimum Gasteiger partial charge on any atom is -0.309 e. The van der Waals surface area contributed by atoms with Crippen LogP contribution in [0.2, 0.25) is 0 Å². The quantitative estimate of drug-likeness (QED) is 0.879. The number of hydrogen-bond acceptors (Lipinski definition) is 4. The smallest absolute Gasteiger partial charge is 0.0964 e. The maximum atomic E-state index is 4.20. The van der Waals surface area contributed by atoms with Crippen LogP contribution in [0.25, 0.3) is 0 Å². The molecule has 112 valence electrons. The molecule has 0 unspecified atom stereocenters. The monoisotopic (exact) mass is 285 g/mol. The summed E-state index contributed by atoms with van der Waals surface area (Å²) in [6, 6.07) is 9.15. The van der Waals surface area contributed by atoms with Gasteiger partial charge in [0, 0.05) is 38.4 Å². The van der Waals surface area contributed by atoms with E-state index in [0.29, 0.717) is 6.04 Å². The Morgan fingerprint density at radius 1 is 1.14 bits per heavy atom.